The van der Waals surface area contributed by atoms with Gasteiger partial charge in [-0.1, -0.05) is 58.1 Å². The Hall–Kier alpha value is -2.06. The van der Waals surface area contributed by atoms with E-state index in [0.29, 0.717) is 5.33 Å². The van der Waals surface area contributed by atoms with Crippen LogP contribution in [-0.2, 0) is 19.1 Å². The quantitative estimate of drug-likeness (QED) is 0.216. The summed E-state index contributed by atoms with van der Waals surface area (Å²) in [6.45, 7) is 3.79. The van der Waals surface area contributed by atoms with Gasteiger partial charge in [0.2, 0.25) is 0 Å². The predicted molar refractivity (Wildman–Crippen MR) is 101 cm³/mol. The van der Waals surface area contributed by atoms with Gasteiger partial charge in [-0.15, -0.1) is 0 Å². The summed E-state index contributed by atoms with van der Waals surface area (Å²) in [7, 11) is 0. The van der Waals surface area contributed by atoms with Crippen LogP contribution < -0.4 is 0 Å². The molecule has 0 saturated heterocycles. The summed E-state index contributed by atoms with van der Waals surface area (Å²) in [4.78, 5) is 25.2. The van der Waals surface area contributed by atoms with Crippen LogP contribution >= 0.6 is 15.9 Å². The van der Waals surface area contributed by atoms with Crippen molar-refractivity contribution in [2.75, 3.05) is 18.5 Å². The van der Waals surface area contributed by atoms with E-state index in [-0.39, 0.29) is 26.1 Å². The first kappa shape index (κ1) is 21.0. The number of ether oxygens (including phenoxy) is 2. The smallest absolute Gasteiger partial charge is 0.324 e. The molecule has 0 bridgehead atoms. The Bertz CT molecular complexity index is 623. The summed E-state index contributed by atoms with van der Waals surface area (Å²) in [5.74, 6) is 4.73. The van der Waals surface area contributed by atoms with Crippen molar-refractivity contribution < 1.29 is 19.1 Å². The first-order chi connectivity index (χ1) is 12.1. The molecule has 25 heavy (non-hydrogen) atoms. The Morgan fingerprint density at radius 2 is 1.68 bits per heavy atom. The SMILES string of the molecule is CCOC(=O)C(CC#Cc1ccccc1)(C/C=C\CBr)C(=O)OCC. The molecule has 0 aliphatic carbocycles. The maximum atomic E-state index is 12.6. The van der Waals surface area contributed by atoms with Crippen LogP contribution in [0.4, 0.5) is 0 Å². The zero-order valence-corrected chi connectivity index (χ0v) is 16.2. The minimum atomic E-state index is -1.45. The van der Waals surface area contributed by atoms with Crippen LogP contribution in [0.25, 0.3) is 0 Å². The van der Waals surface area contributed by atoms with Crippen molar-refractivity contribution >= 4 is 27.9 Å². The molecule has 134 valence electrons. The van der Waals surface area contributed by atoms with Gasteiger partial charge in [0, 0.05) is 17.3 Å². The van der Waals surface area contributed by atoms with Gasteiger partial charge in [-0.2, -0.15) is 0 Å². The molecule has 1 aromatic carbocycles. The minimum absolute atomic E-state index is 0.0339. The lowest BCUT2D eigenvalue weighted by atomic mass is 9.81. The lowest BCUT2D eigenvalue weighted by Gasteiger charge is -2.26. The first-order valence-electron chi connectivity index (χ1n) is 8.20. The van der Waals surface area contributed by atoms with Crippen molar-refractivity contribution in [2.24, 2.45) is 5.41 Å². The van der Waals surface area contributed by atoms with E-state index in [9.17, 15) is 9.59 Å². The molecule has 0 unspecified atom stereocenters. The van der Waals surface area contributed by atoms with Crippen LogP contribution in [0, 0.1) is 17.3 Å². The monoisotopic (exact) mass is 406 g/mol. The number of hydrogen-bond donors (Lipinski definition) is 0. The molecule has 0 amide bonds. The number of hydrogen-bond acceptors (Lipinski definition) is 4. The van der Waals surface area contributed by atoms with Gasteiger partial charge >= 0.3 is 11.9 Å². The van der Waals surface area contributed by atoms with Crippen molar-refractivity contribution in [1.29, 1.82) is 0 Å². The fourth-order valence-corrected chi connectivity index (χ4v) is 2.44. The largest absolute Gasteiger partial charge is 0.465 e. The Morgan fingerprint density at radius 1 is 1.08 bits per heavy atom. The van der Waals surface area contributed by atoms with Gasteiger partial charge in [0.15, 0.2) is 5.41 Å². The molecule has 0 fully saturated rings. The fraction of sp³-hybridized carbons (Fsp3) is 0.400. The van der Waals surface area contributed by atoms with Gasteiger partial charge in [-0.3, -0.25) is 9.59 Å². The molecule has 0 N–H and O–H groups in total. The second-order valence-corrected chi connectivity index (χ2v) is 5.84. The molecule has 1 rings (SSSR count). The lowest BCUT2D eigenvalue weighted by Crippen LogP contribution is -2.41. The Labute approximate surface area is 157 Å². The first-order valence-corrected chi connectivity index (χ1v) is 9.32. The van der Waals surface area contributed by atoms with Gasteiger partial charge in [-0.05, 0) is 32.4 Å². The van der Waals surface area contributed by atoms with Gasteiger partial charge < -0.3 is 9.47 Å². The molecular weight excluding hydrogens is 384 g/mol. The Morgan fingerprint density at radius 3 is 2.20 bits per heavy atom. The number of carbonyl (C=O) groups is 2. The number of benzene rings is 1. The summed E-state index contributed by atoms with van der Waals surface area (Å²) in [6.07, 6.45) is 3.82. The van der Waals surface area contributed by atoms with Crippen molar-refractivity contribution in [2.45, 2.75) is 26.7 Å². The molecule has 0 radical (unpaired) electrons. The number of esters is 2. The summed E-state index contributed by atoms with van der Waals surface area (Å²) in [5.41, 5.74) is -0.632. The maximum Gasteiger partial charge on any atom is 0.324 e. The highest BCUT2D eigenvalue weighted by molar-refractivity contribution is 9.09. The second kappa shape index (κ2) is 11.5. The third kappa shape index (κ3) is 6.39. The van der Waals surface area contributed by atoms with Crippen molar-refractivity contribution in [3.05, 3.63) is 48.0 Å². The predicted octanol–water partition coefficient (Wildman–Crippen LogP) is 3.88. The standard InChI is InChI=1S/C20H23BrO4/c1-3-24-18(22)20(14-8-9-16-21,19(23)25-4-2)15-10-13-17-11-6-5-7-12-17/h5-9,11-12H,3-4,14-16H2,1-2H3/b9-8-. The molecule has 0 aromatic heterocycles. The number of halogens is 1. The van der Waals surface area contributed by atoms with Crippen LogP contribution in [-0.4, -0.2) is 30.5 Å². The summed E-state index contributed by atoms with van der Waals surface area (Å²) in [6, 6.07) is 9.40. The number of allylic oxidation sites excluding steroid dienone is 2. The zero-order chi connectivity index (χ0) is 18.5. The van der Waals surface area contributed by atoms with Gasteiger partial charge in [0.05, 0.1) is 13.2 Å². The lowest BCUT2D eigenvalue weighted by molar-refractivity contribution is -0.171. The number of carbonyl (C=O) groups excluding carboxylic acids is 2. The summed E-state index contributed by atoms with van der Waals surface area (Å²) >= 11 is 3.29. The van der Waals surface area contributed by atoms with E-state index in [1.54, 1.807) is 19.9 Å². The molecule has 5 heteroatoms. The maximum absolute atomic E-state index is 12.6. The third-order valence-electron chi connectivity index (χ3n) is 3.45. The van der Waals surface area contributed by atoms with E-state index >= 15 is 0 Å². The third-order valence-corrected chi connectivity index (χ3v) is 3.82. The average molecular weight is 407 g/mol. The van der Waals surface area contributed by atoms with Crippen molar-refractivity contribution in [1.82, 2.24) is 0 Å². The van der Waals surface area contributed by atoms with Crippen molar-refractivity contribution in [3.8, 4) is 11.8 Å². The number of rotatable bonds is 8. The van der Waals surface area contributed by atoms with Crippen LogP contribution in [0.3, 0.4) is 0 Å². The molecule has 1 aromatic rings. The Kier molecular flexibility index (Phi) is 9.64. The van der Waals surface area contributed by atoms with E-state index < -0.39 is 17.4 Å². The van der Waals surface area contributed by atoms with Crippen LogP contribution in [0.2, 0.25) is 0 Å². The molecule has 0 saturated carbocycles. The molecule has 0 atom stereocenters. The summed E-state index contributed by atoms with van der Waals surface area (Å²) < 4.78 is 10.3. The minimum Gasteiger partial charge on any atom is -0.465 e. The van der Waals surface area contributed by atoms with E-state index in [1.165, 1.54) is 0 Å². The highest BCUT2D eigenvalue weighted by atomic mass is 79.9. The zero-order valence-electron chi connectivity index (χ0n) is 14.6. The highest BCUT2D eigenvalue weighted by Crippen LogP contribution is 2.31. The van der Waals surface area contributed by atoms with Gasteiger partial charge in [0.25, 0.3) is 0 Å². The van der Waals surface area contributed by atoms with Crippen molar-refractivity contribution in [3.63, 3.8) is 0 Å². The molecule has 4 nitrogen and oxygen atoms in total. The van der Waals surface area contributed by atoms with E-state index in [2.05, 4.69) is 27.8 Å². The summed E-state index contributed by atoms with van der Waals surface area (Å²) in [5, 5.41) is 0.629. The van der Waals surface area contributed by atoms with Crippen LogP contribution in [0.5, 0.6) is 0 Å². The Balaban J connectivity index is 3.16. The number of alkyl halides is 1. The van der Waals surface area contributed by atoms with Crippen LogP contribution in [0.15, 0.2) is 42.5 Å². The fourth-order valence-electron chi connectivity index (χ4n) is 2.17. The topological polar surface area (TPSA) is 52.6 Å². The molecule has 0 heterocycles. The average Bonchev–Trinajstić information content (AvgIpc) is 2.61. The normalized spacial score (nSPS) is 10.8. The van der Waals surface area contributed by atoms with Gasteiger partial charge in [0.1, 0.15) is 0 Å². The van der Waals surface area contributed by atoms with E-state index in [4.69, 9.17) is 9.47 Å². The van der Waals surface area contributed by atoms with E-state index in [1.807, 2.05) is 36.4 Å². The molecule has 0 aliphatic heterocycles. The van der Waals surface area contributed by atoms with Gasteiger partial charge in [-0.25, -0.2) is 0 Å². The molecule has 0 spiro atoms. The highest BCUT2D eigenvalue weighted by Gasteiger charge is 2.47. The van der Waals surface area contributed by atoms with E-state index in [0.717, 1.165) is 5.56 Å². The molecular formula is C20H23BrO4. The second-order valence-electron chi connectivity index (χ2n) is 5.20. The molecule has 0 aliphatic rings. The van der Waals surface area contributed by atoms with Crippen LogP contribution in [0.1, 0.15) is 32.3 Å².